The van der Waals surface area contributed by atoms with Gasteiger partial charge in [0.05, 0.1) is 0 Å². The molecule has 0 saturated heterocycles. The normalized spacial score (nSPS) is 10.4. The molecule has 0 unspecified atom stereocenters. The Morgan fingerprint density at radius 2 is 1.86 bits per heavy atom. The van der Waals surface area contributed by atoms with Gasteiger partial charge in [-0.2, -0.15) is 0 Å². The summed E-state index contributed by atoms with van der Waals surface area (Å²) in [4.78, 5) is 21.9. The van der Waals surface area contributed by atoms with Crippen LogP contribution in [0.25, 0.3) is 10.8 Å². The average Bonchev–Trinajstić information content (AvgIpc) is 2.49. The number of carbonyl (C=O) groups is 2. The van der Waals surface area contributed by atoms with Crippen LogP contribution in [0.3, 0.4) is 0 Å². The molecule has 0 atom stereocenters. The molecule has 0 aliphatic heterocycles. The zero-order valence-corrected chi connectivity index (χ0v) is 13.4. The highest BCUT2D eigenvalue weighted by Crippen LogP contribution is 2.24. The highest BCUT2D eigenvalue weighted by Gasteiger charge is 2.04. The lowest BCUT2D eigenvalue weighted by Gasteiger charge is -2.08. The van der Waals surface area contributed by atoms with Crippen LogP contribution in [0.5, 0.6) is 5.75 Å². The summed E-state index contributed by atoms with van der Waals surface area (Å²) in [6, 6.07) is 11.5. The van der Waals surface area contributed by atoms with Gasteiger partial charge in [0.15, 0.2) is 6.61 Å². The van der Waals surface area contributed by atoms with Gasteiger partial charge in [-0.15, -0.1) is 0 Å². The van der Waals surface area contributed by atoms with E-state index in [1.807, 2.05) is 36.4 Å². The average molecular weight is 366 g/mol. The van der Waals surface area contributed by atoms with Gasteiger partial charge in [-0.05, 0) is 41.5 Å². The van der Waals surface area contributed by atoms with E-state index in [9.17, 15) is 9.59 Å². The number of nitrogens with one attached hydrogen (secondary N) is 1. The fourth-order valence-corrected chi connectivity index (χ4v) is 2.33. The Morgan fingerprint density at radius 1 is 1.14 bits per heavy atom. The van der Waals surface area contributed by atoms with Gasteiger partial charge in [0, 0.05) is 17.4 Å². The number of hydrogen-bond acceptors (Lipinski definition) is 3. The van der Waals surface area contributed by atoms with E-state index >= 15 is 0 Å². The third-order valence-electron chi connectivity index (χ3n) is 3.03. The second-order valence-corrected chi connectivity index (χ2v) is 5.70. The van der Waals surface area contributed by atoms with E-state index in [0.29, 0.717) is 18.7 Å². The molecule has 0 saturated carbocycles. The van der Waals surface area contributed by atoms with Crippen molar-refractivity contribution in [3.63, 3.8) is 0 Å². The number of hydrogen-bond donors (Lipinski definition) is 2. The van der Waals surface area contributed by atoms with Crippen molar-refractivity contribution >= 4 is 38.6 Å². The van der Waals surface area contributed by atoms with Crippen molar-refractivity contribution in [2.75, 3.05) is 13.2 Å². The van der Waals surface area contributed by atoms with Crippen LogP contribution >= 0.6 is 15.9 Å². The summed E-state index contributed by atoms with van der Waals surface area (Å²) in [7, 11) is 0. The molecular formula is C16H16BrNO4. The quantitative estimate of drug-likeness (QED) is 0.739. The molecule has 0 aliphatic carbocycles. The monoisotopic (exact) mass is 365 g/mol. The zero-order chi connectivity index (χ0) is 15.9. The molecule has 6 heteroatoms. The van der Waals surface area contributed by atoms with Crippen LogP contribution < -0.4 is 10.1 Å². The van der Waals surface area contributed by atoms with E-state index in [0.717, 1.165) is 15.2 Å². The number of rotatable bonds is 7. The molecule has 0 bridgehead atoms. The summed E-state index contributed by atoms with van der Waals surface area (Å²) in [5.41, 5.74) is 0. The SMILES string of the molecule is O=C(O)CCCNC(=O)COc1ccc2cc(Br)ccc2c1. The first-order chi connectivity index (χ1) is 10.5. The van der Waals surface area contributed by atoms with Crippen LogP contribution in [0.15, 0.2) is 40.9 Å². The lowest BCUT2D eigenvalue weighted by atomic mass is 10.1. The van der Waals surface area contributed by atoms with Crippen molar-refractivity contribution in [3.8, 4) is 5.75 Å². The van der Waals surface area contributed by atoms with Crippen LogP contribution in [0.4, 0.5) is 0 Å². The molecule has 2 aromatic carbocycles. The van der Waals surface area contributed by atoms with Crippen molar-refractivity contribution in [2.45, 2.75) is 12.8 Å². The van der Waals surface area contributed by atoms with E-state index in [4.69, 9.17) is 9.84 Å². The smallest absolute Gasteiger partial charge is 0.303 e. The number of amides is 1. The molecule has 2 aromatic rings. The molecule has 1 amide bonds. The summed E-state index contributed by atoms with van der Waals surface area (Å²) in [5, 5.41) is 13.2. The summed E-state index contributed by atoms with van der Waals surface area (Å²) in [6.07, 6.45) is 0.452. The molecule has 2 N–H and O–H groups in total. The van der Waals surface area contributed by atoms with E-state index in [2.05, 4.69) is 21.2 Å². The third kappa shape index (κ3) is 5.04. The highest BCUT2D eigenvalue weighted by molar-refractivity contribution is 9.10. The minimum atomic E-state index is -0.867. The molecule has 2 rings (SSSR count). The van der Waals surface area contributed by atoms with Gasteiger partial charge in [-0.3, -0.25) is 9.59 Å². The standard InChI is InChI=1S/C16H16BrNO4/c17-13-5-3-12-9-14(6-4-11(12)8-13)22-10-15(19)18-7-1-2-16(20)21/h3-6,8-9H,1-2,7,10H2,(H,18,19)(H,20,21). The number of ether oxygens (including phenoxy) is 1. The van der Waals surface area contributed by atoms with Gasteiger partial charge in [0.25, 0.3) is 5.91 Å². The predicted octanol–water partition coefficient (Wildman–Crippen LogP) is 2.96. The first-order valence-electron chi connectivity index (χ1n) is 6.85. The molecule has 0 aliphatic rings. The van der Waals surface area contributed by atoms with Crippen molar-refractivity contribution < 1.29 is 19.4 Å². The predicted molar refractivity (Wildman–Crippen MR) is 87.0 cm³/mol. The Morgan fingerprint density at radius 3 is 2.64 bits per heavy atom. The van der Waals surface area contributed by atoms with Gasteiger partial charge >= 0.3 is 5.97 Å². The minimum Gasteiger partial charge on any atom is -0.484 e. The summed E-state index contributed by atoms with van der Waals surface area (Å²) in [5.74, 6) is -0.509. The van der Waals surface area contributed by atoms with Gasteiger partial charge in [0.2, 0.25) is 0 Å². The number of carboxylic acid groups (broad SMARTS) is 1. The van der Waals surface area contributed by atoms with Crippen LogP contribution in [0.2, 0.25) is 0 Å². The third-order valence-corrected chi connectivity index (χ3v) is 3.53. The molecule has 0 spiro atoms. The number of benzene rings is 2. The Bertz CT molecular complexity index is 687. The highest BCUT2D eigenvalue weighted by atomic mass is 79.9. The fraction of sp³-hybridized carbons (Fsp3) is 0.250. The lowest BCUT2D eigenvalue weighted by Crippen LogP contribution is -2.29. The Balaban J connectivity index is 1.82. The van der Waals surface area contributed by atoms with Crippen molar-refractivity contribution in [2.24, 2.45) is 0 Å². The van der Waals surface area contributed by atoms with Crippen LogP contribution in [-0.4, -0.2) is 30.1 Å². The summed E-state index contributed by atoms with van der Waals surface area (Å²) < 4.78 is 6.45. The molecule has 116 valence electrons. The second kappa shape index (κ2) is 7.79. The largest absolute Gasteiger partial charge is 0.484 e. The van der Waals surface area contributed by atoms with E-state index in [1.54, 1.807) is 0 Å². The fourth-order valence-electron chi connectivity index (χ4n) is 1.95. The number of halogens is 1. The second-order valence-electron chi connectivity index (χ2n) is 4.79. The maximum Gasteiger partial charge on any atom is 0.303 e. The van der Waals surface area contributed by atoms with Gasteiger partial charge in [0.1, 0.15) is 5.75 Å². The van der Waals surface area contributed by atoms with Crippen LogP contribution in [-0.2, 0) is 9.59 Å². The number of fused-ring (bicyclic) bond motifs is 1. The van der Waals surface area contributed by atoms with Gasteiger partial charge < -0.3 is 15.2 Å². The topological polar surface area (TPSA) is 75.6 Å². The molecule has 5 nitrogen and oxygen atoms in total. The Kier molecular flexibility index (Phi) is 5.77. The maximum absolute atomic E-state index is 11.6. The van der Waals surface area contributed by atoms with Gasteiger partial charge in [-0.1, -0.05) is 28.1 Å². The van der Waals surface area contributed by atoms with E-state index in [-0.39, 0.29) is 18.9 Å². The number of aliphatic carboxylic acids is 1. The minimum absolute atomic E-state index is 0.0430. The van der Waals surface area contributed by atoms with Gasteiger partial charge in [-0.25, -0.2) is 0 Å². The number of carboxylic acids is 1. The van der Waals surface area contributed by atoms with Crippen LogP contribution in [0.1, 0.15) is 12.8 Å². The molecule has 0 radical (unpaired) electrons. The lowest BCUT2D eigenvalue weighted by molar-refractivity contribution is -0.137. The molecular weight excluding hydrogens is 350 g/mol. The van der Waals surface area contributed by atoms with Crippen LogP contribution in [0, 0.1) is 0 Å². The Hall–Kier alpha value is -2.08. The van der Waals surface area contributed by atoms with Crippen molar-refractivity contribution in [1.29, 1.82) is 0 Å². The molecule has 0 heterocycles. The molecule has 0 aromatic heterocycles. The van der Waals surface area contributed by atoms with Crippen molar-refractivity contribution in [3.05, 3.63) is 40.9 Å². The van der Waals surface area contributed by atoms with E-state index in [1.165, 1.54) is 0 Å². The number of carbonyl (C=O) groups excluding carboxylic acids is 1. The molecule has 0 fully saturated rings. The summed E-state index contributed by atoms with van der Waals surface area (Å²) in [6.45, 7) is 0.245. The Labute approximate surface area is 136 Å². The first-order valence-corrected chi connectivity index (χ1v) is 7.64. The maximum atomic E-state index is 11.6. The van der Waals surface area contributed by atoms with E-state index < -0.39 is 5.97 Å². The summed E-state index contributed by atoms with van der Waals surface area (Å²) >= 11 is 3.42. The van der Waals surface area contributed by atoms with Crippen molar-refractivity contribution in [1.82, 2.24) is 5.32 Å². The molecule has 22 heavy (non-hydrogen) atoms. The zero-order valence-electron chi connectivity index (χ0n) is 11.8. The first kappa shape index (κ1) is 16.3.